The van der Waals surface area contributed by atoms with Gasteiger partial charge in [-0.2, -0.15) is 0 Å². The molecule has 0 bridgehead atoms. The monoisotopic (exact) mass is 736 g/mol. The Morgan fingerprint density at radius 2 is 0.489 bits per heavy atom. The van der Waals surface area contributed by atoms with E-state index in [0.29, 0.717) is 13.1 Å². The predicted molar refractivity (Wildman–Crippen MR) is 168 cm³/mol. The third kappa shape index (κ3) is 7.73. The van der Waals surface area contributed by atoms with Crippen molar-refractivity contribution < 1.29 is 30.1 Å². The fourth-order valence-electron chi connectivity index (χ4n) is 4.62. The van der Waals surface area contributed by atoms with Crippen LogP contribution in [0.2, 0.25) is 0 Å². The molecule has 0 saturated carbocycles. The van der Waals surface area contributed by atoms with Gasteiger partial charge in [0.05, 0.1) is 0 Å². The fraction of sp³-hybridized carbons (Fsp3) is 0. The molecule has 0 atom stereocenters. The number of benzene rings is 6. The van der Waals surface area contributed by atoms with Gasteiger partial charge in [0, 0.05) is 0 Å². The van der Waals surface area contributed by atoms with Crippen molar-refractivity contribution in [2.75, 3.05) is 0 Å². The van der Waals surface area contributed by atoms with E-state index in [1.54, 1.807) is 36.4 Å². The van der Waals surface area contributed by atoms with Crippen LogP contribution >= 0.6 is 0 Å². The Hall–Kier alpha value is -4.18. The third-order valence-corrected chi connectivity index (χ3v) is 18.4. The summed E-state index contributed by atoms with van der Waals surface area (Å²) in [7, 11) is 0. The first-order valence-electron chi connectivity index (χ1n) is 13.6. The van der Waals surface area contributed by atoms with Crippen molar-refractivity contribution in [1.29, 1.82) is 0 Å². The molecule has 6 aromatic rings. The Morgan fingerprint density at radius 3 is 0.689 bits per heavy atom. The van der Waals surface area contributed by atoms with E-state index in [2.05, 4.69) is 0 Å². The van der Waals surface area contributed by atoms with Crippen LogP contribution in [0.15, 0.2) is 146 Å². The molecule has 1 nitrogen and oxygen atoms in total. The topological polar surface area (TPSA) is 17.1 Å². The van der Waals surface area contributed by atoms with E-state index in [4.69, 9.17) is 0 Å². The van der Waals surface area contributed by atoms with Crippen molar-refractivity contribution in [2.45, 2.75) is 0 Å². The van der Waals surface area contributed by atoms with Crippen LogP contribution in [0.3, 0.4) is 0 Å². The average molecular weight is 736 g/mol. The van der Waals surface area contributed by atoms with E-state index in [1.807, 2.05) is 0 Å². The maximum atomic E-state index is 13.8. The van der Waals surface area contributed by atoms with Gasteiger partial charge < -0.3 is 0 Å². The molecule has 6 rings (SSSR count). The molecule has 0 aliphatic rings. The summed E-state index contributed by atoms with van der Waals surface area (Å²) in [4.78, 5) is 0. The van der Waals surface area contributed by atoms with Crippen molar-refractivity contribution in [2.24, 2.45) is 0 Å². The molecule has 0 aliphatic carbocycles. The van der Waals surface area contributed by atoms with Crippen molar-refractivity contribution in [3.05, 3.63) is 180 Å². The van der Waals surface area contributed by atoms with E-state index in [-0.39, 0.29) is 17.5 Å². The third-order valence-electron chi connectivity index (χ3n) is 6.83. The van der Waals surface area contributed by atoms with Gasteiger partial charge in [0.1, 0.15) is 0 Å². The van der Waals surface area contributed by atoms with Gasteiger partial charge in [0.2, 0.25) is 0 Å². The summed E-state index contributed by atoms with van der Waals surface area (Å²) in [5.41, 5.74) is 0. The molecule has 0 N–H and O–H groups in total. The molecule has 0 amide bonds. The Morgan fingerprint density at radius 1 is 0.311 bits per heavy atom. The van der Waals surface area contributed by atoms with Gasteiger partial charge >= 0.3 is 265 Å². The summed E-state index contributed by atoms with van der Waals surface area (Å²) >= 11 is -6.08. The van der Waals surface area contributed by atoms with Crippen LogP contribution in [-0.2, 0) is 3.74 Å². The Kier molecular flexibility index (Phi) is 10.2. The molecule has 0 saturated heterocycles. The molecule has 45 heavy (non-hydrogen) atoms. The summed E-state index contributed by atoms with van der Waals surface area (Å²) in [6.45, 7) is 0. The summed E-state index contributed by atoms with van der Waals surface area (Å²) in [6.07, 6.45) is 0. The van der Waals surface area contributed by atoms with Gasteiger partial charge in [0.25, 0.3) is 0 Å². The van der Waals surface area contributed by atoms with E-state index in [9.17, 15) is 30.1 Å². The first kappa shape index (κ1) is 32.2. The fourth-order valence-corrected chi connectivity index (χ4v) is 14.8. The first-order chi connectivity index (χ1) is 21.6. The van der Waals surface area contributed by atoms with Crippen LogP contribution in [-0.4, -0.2) is 28.1 Å². The van der Waals surface area contributed by atoms with Gasteiger partial charge in [-0.1, -0.05) is 0 Å². The molecule has 0 spiro atoms. The SMILES string of the molecule is Fc1ccc([As](c2ccc(F)cc2)c2ccc(F)cc2)cc1.O=[As](c1ccc(F)cc1)(c1ccc(F)cc1)c1ccc(F)cc1. The van der Waals surface area contributed by atoms with E-state index < -0.39 is 45.6 Å². The average Bonchev–Trinajstić information content (AvgIpc) is 3.05. The summed E-state index contributed by atoms with van der Waals surface area (Å²) < 4.78 is 97.4. The minimum atomic E-state index is -4.12. The van der Waals surface area contributed by atoms with Crippen LogP contribution < -0.4 is 26.1 Å². The molecule has 0 fully saturated rings. The van der Waals surface area contributed by atoms with Gasteiger partial charge in [-0.25, -0.2) is 0 Å². The van der Waals surface area contributed by atoms with Gasteiger partial charge in [-0.05, 0) is 0 Å². The number of halogens is 6. The molecule has 0 aromatic heterocycles. The maximum absolute atomic E-state index is 13.8. The molecule has 9 heteroatoms. The van der Waals surface area contributed by atoms with Crippen molar-refractivity contribution in [3.8, 4) is 0 Å². The second kappa shape index (κ2) is 14.3. The van der Waals surface area contributed by atoms with Crippen LogP contribution in [0.4, 0.5) is 26.3 Å². The van der Waals surface area contributed by atoms with Crippen LogP contribution in [0.25, 0.3) is 0 Å². The molecule has 0 unspecified atom stereocenters. The number of rotatable bonds is 6. The molecular formula is C36H24As2F6O. The van der Waals surface area contributed by atoms with E-state index in [1.165, 1.54) is 109 Å². The van der Waals surface area contributed by atoms with Gasteiger partial charge in [0.15, 0.2) is 0 Å². The Balaban J connectivity index is 0.000000178. The molecular weight excluding hydrogens is 712 g/mol. The van der Waals surface area contributed by atoms with Crippen LogP contribution in [0.1, 0.15) is 0 Å². The quantitative estimate of drug-likeness (QED) is 0.172. The van der Waals surface area contributed by atoms with Crippen molar-refractivity contribution in [3.63, 3.8) is 0 Å². The van der Waals surface area contributed by atoms with E-state index in [0.717, 1.165) is 13.1 Å². The second-order valence-electron chi connectivity index (χ2n) is 9.80. The van der Waals surface area contributed by atoms with Gasteiger partial charge in [-0.3, -0.25) is 0 Å². The number of hydrogen-bond acceptors (Lipinski definition) is 1. The summed E-state index contributed by atoms with van der Waals surface area (Å²) in [5, 5.41) is 0. The summed E-state index contributed by atoms with van der Waals surface area (Å²) in [6, 6.07) is 35.2. The van der Waals surface area contributed by atoms with Crippen LogP contribution in [0, 0.1) is 34.9 Å². The second-order valence-corrected chi connectivity index (χ2v) is 20.3. The molecule has 0 aliphatic heterocycles. The molecule has 0 radical (unpaired) electrons. The zero-order chi connectivity index (χ0) is 32.0. The molecule has 0 heterocycles. The van der Waals surface area contributed by atoms with Crippen molar-refractivity contribution >= 4 is 54.2 Å². The molecule has 6 aromatic carbocycles. The Labute approximate surface area is 263 Å². The summed E-state index contributed by atoms with van der Waals surface area (Å²) in [5.74, 6) is -2.19. The predicted octanol–water partition coefficient (Wildman–Crippen LogP) is 5.12. The van der Waals surface area contributed by atoms with Crippen molar-refractivity contribution in [1.82, 2.24) is 0 Å². The zero-order valence-electron chi connectivity index (χ0n) is 23.4. The van der Waals surface area contributed by atoms with Crippen LogP contribution in [0.5, 0.6) is 0 Å². The molecule has 226 valence electrons. The normalized spacial score (nSPS) is 11.2. The number of hydrogen-bond donors (Lipinski definition) is 0. The van der Waals surface area contributed by atoms with E-state index >= 15 is 0 Å². The zero-order valence-corrected chi connectivity index (χ0v) is 27.2. The minimum absolute atomic E-state index is 0.295. The standard InChI is InChI=1S/C18H12AsF3O.C18H12AsF3/c20-16-7-1-13(2-8-16)19(23,14-3-9-17(21)10-4-14)15-5-11-18(22)12-6-15;20-16-7-1-13(2-8-16)19(14-3-9-17(21)10-4-14)15-5-11-18(22)12-6-15/h1-12H;1-12H. The first-order valence-corrected chi connectivity index (χ1v) is 20.0. The van der Waals surface area contributed by atoms with Gasteiger partial charge in [-0.15, -0.1) is 0 Å². The Bertz CT molecular complexity index is 1670.